The lowest BCUT2D eigenvalue weighted by Gasteiger charge is -2.05. The smallest absolute Gasteiger partial charge is 0.233 e. The van der Waals surface area contributed by atoms with Crippen molar-refractivity contribution in [3.8, 4) is 0 Å². The number of rotatable bonds is 3. The van der Waals surface area contributed by atoms with Gasteiger partial charge in [0.1, 0.15) is 0 Å². The Kier molecular flexibility index (Phi) is 3.03. The molecule has 12 heavy (non-hydrogen) atoms. The van der Waals surface area contributed by atoms with E-state index in [9.17, 15) is 4.79 Å². The highest BCUT2D eigenvalue weighted by Gasteiger charge is 2.02. The second kappa shape index (κ2) is 4.05. The van der Waals surface area contributed by atoms with Gasteiger partial charge in [-0.15, -0.1) is 0 Å². The van der Waals surface area contributed by atoms with Crippen molar-refractivity contribution in [2.75, 3.05) is 0 Å². The van der Waals surface area contributed by atoms with Gasteiger partial charge in [0.25, 0.3) is 0 Å². The summed E-state index contributed by atoms with van der Waals surface area (Å²) in [5.74, 6) is 0.583. The van der Waals surface area contributed by atoms with Crippen molar-refractivity contribution in [3.63, 3.8) is 0 Å². The Morgan fingerprint density at radius 1 is 1.33 bits per heavy atom. The molecule has 0 aliphatic carbocycles. The topological polar surface area (TPSA) is 17.1 Å². The van der Waals surface area contributed by atoms with Crippen LogP contribution in [0.2, 0.25) is 0 Å². The Labute approximate surface area is 73.4 Å². The van der Waals surface area contributed by atoms with Crippen LogP contribution in [0.25, 0.3) is 0 Å². The van der Waals surface area contributed by atoms with E-state index in [1.54, 1.807) is 0 Å². The lowest BCUT2D eigenvalue weighted by molar-refractivity contribution is 0.561. The molecule has 0 unspecified atom stereocenters. The third kappa shape index (κ3) is 2.19. The lowest BCUT2D eigenvalue weighted by atomic mass is 9.99. The first-order valence-corrected chi connectivity index (χ1v) is 4.20. The van der Waals surface area contributed by atoms with Gasteiger partial charge in [-0.3, -0.25) is 4.79 Å². The normalized spacial score (nSPS) is 10.2. The number of hydrogen-bond donors (Lipinski definition) is 0. The fraction of sp³-hybridized carbons (Fsp3) is 0.364. The quantitative estimate of drug-likeness (QED) is 0.665. The molecule has 1 aromatic carbocycles. The first kappa shape index (κ1) is 8.98. The second-order valence-corrected chi connectivity index (χ2v) is 3.36. The Morgan fingerprint density at radius 3 is 2.58 bits per heavy atom. The van der Waals surface area contributed by atoms with Crippen LogP contribution in [0, 0.1) is 5.92 Å². The summed E-state index contributed by atoms with van der Waals surface area (Å²) >= 11 is 0. The van der Waals surface area contributed by atoms with E-state index in [1.165, 1.54) is 0 Å². The highest BCUT2D eigenvalue weighted by atomic mass is 16.1. The highest BCUT2D eigenvalue weighted by Crippen LogP contribution is 2.11. The molecule has 0 aliphatic heterocycles. The molecule has 0 N–H and O–H groups in total. The number of benzene rings is 1. The van der Waals surface area contributed by atoms with E-state index in [1.807, 2.05) is 30.6 Å². The minimum absolute atomic E-state index is 0.583. The number of carbonyl (C=O) groups excluding carboxylic acids is 1. The standard InChI is InChI=1S/C11H13O/c1-9(2)7-10-5-3-4-6-11(10)8-12/h3-6,9H,7H2,1-2H3. The maximum absolute atomic E-state index is 10.5. The summed E-state index contributed by atoms with van der Waals surface area (Å²) in [5.41, 5.74) is 1.80. The van der Waals surface area contributed by atoms with Crippen molar-refractivity contribution in [3.05, 3.63) is 35.4 Å². The van der Waals surface area contributed by atoms with Gasteiger partial charge in [0, 0.05) is 5.56 Å². The van der Waals surface area contributed by atoms with Gasteiger partial charge >= 0.3 is 0 Å². The van der Waals surface area contributed by atoms with Gasteiger partial charge in [-0.1, -0.05) is 38.1 Å². The molecular formula is C11H13O. The van der Waals surface area contributed by atoms with E-state index in [4.69, 9.17) is 0 Å². The fourth-order valence-electron chi connectivity index (χ4n) is 1.24. The third-order valence-corrected chi connectivity index (χ3v) is 1.76. The van der Waals surface area contributed by atoms with Crippen LogP contribution in [0.3, 0.4) is 0 Å². The molecule has 0 aromatic heterocycles. The summed E-state index contributed by atoms with van der Waals surface area (Å²) in [6.45, 7) is 4.28. The molecule has 0 amide bonds. The van der Waals surface area contributed by atoms with Crippen LogP contribution < -0.4 is 0 Å². The summed E-state index contributed by atoms with van der Waals surface area (Å²) < 4.78 is 0. The zero-order valence-corrected chi connectivity index (χ0v) is 7.50. The Hall–Kier alpha value is -1.11. The van der Waals surface area contributed by atoms with E-state index in [0.717, 1.165) is 12.0 Å². The van der Waals surface area contributed by atoms with Crippen molar-refractivity contribution < 1.29 is 4.79 Å². The molecule has 0 saturated carbocycles. The van der Waals surface area contributed by atoms with Gasteiger partial charge in [-0.05, 0) is 17.9 Å². The average Bonchev–Trinajstić information content (AvgIpc) is 2.04. The van der Waals surface area contributed by atoms with Crippen molar-refractivity contribution in [1.82, 2.24) is 0 Å². The number of hydrogen-bond acceptors (Lipinski definition) is 1. The van der Waals surface area contributed by atoms with Crippen molar-refractivity contribution in [2.24, 2.45) is 5.92 Å². The summed E-state index contributed by atoms with van der Waals surface area (Å²) in [5, 5.41) is 0. The summed E-state index contributed by atoms with van der Waals surface area (Å²) in [7, 11) is 0. The van der Waals surface area contributed by atoms with Crippen LogP contribution in [0.4, 0.5) is 0 Å². The first-order valence-electron chi connectivity index (χ1n) is 4.20. The molecule has 0 aliphatic rings. The molecule has 0 saturated heterocycles. The summed E-state index contributed by atoms with van der Waals surface area (Å²) in [6, 6.07) is 7.62. The second-order valence-electron chi connectivity index (χ2n) is 3.36. The van der Waals surface area contributed by atoms with E-state index < -0.39 is 0 Å². The zero-order chi connectivity index (χ0) is 8.97. The van der Waals surface area contributed by atoms with E-state index >= 15 is 0 Å². The maximum atomic E-state index is 10.5. The lowest BCUT2D eigenvalue weighted by Crippen LogP contribution is -1.98. The molecule has 1 heteroatoms. The summed E-state index contributed by atoms with van der Waals surface area (Å²) in [4.78, 5) is 10.5. The molecule has 0 fully saturated rings. The predicted molar refractivity (Wildman–Crippen MR) is 49.8 cm³/mol. The maximum Gasteiger partial charge on any atom is 0.233 e. The molecular weight excluding hydrogens is 148 g/mol. The molecule has 1 aromatic rings. The van der Waals surface area contributed by atoms with Gasteiger partial charge in [-0.2, -0.15) is 0 Å². The Morgan fingerprint density at radius 2 is 2.00 bits per heavy atom. The van der Waals surface area contributed by atoms with Crippen molar-refractivity contribution in [2.45, 2.75) is 20.3 Å². The van der Waals surface area contributed by atoms with E-state index in [2.05, 4.69) is 13.8 Å². The van der Waals surface area contributed by atoms with Crippen LogP contribution in [0.15, 0.2) is 24.3 Å². The van der Waals surface area contributed by atoms with Crippen molar-refractivity contribution >= 4 is 6.29 Å². The Balaban J connectivity index is 2.89. The molecule has 0 bridgehead atoms. The molecule has 0 heterocycles. The van der Waals surface area contributed by atoms with Crippen molar-refractivity contribution in [1.29, 1.82) is 0 Å². The van der Waals surface area contributed by atoms with Gasteiger partial charge in [0.2, 0.25) is 6.29 Å². The van der Waals surface area contributed by atoms with Gasteiger partial charge in [0.05, 0.1) is 0 Å². The van der Waals surface area contributed by atoms with Gasteiger partial charge < -0.3 is 0 Å². The average molecular weight is 161 g/mol. The SMILES string of the molecule is CC(C)Cc1ccccc1[C]=O. The van der Waals surface area contributed by atoms with Crippen LogP contribution in [0.5, 0.6) is 0 Å². The van der Waals surface area contributed by atoms with Crippen LogP contribution in [-0.4, -0.2) is 6.29 Å². The fourth-order valence-corrected chi connectivity index (χ4v) is 1.24. The molecule has 1 rings (SSSR count). The highest BCUT2D eigenvalue weighted by molar-refractivity contribution is 5.77. The molecule has 1 radical (unpaired) electrons. The van der Waals surface area contributed by atoms with E-state index in [0.29, 0.717) is 11.5 Å². The molecule has 0 atom stereocenters. The van der Waals surface area contributed by atoms with Crippen LogP contribution >= 0.6 is 0 Å². The zero-order valence-electron chi connectivity index (χ0n) is 7.50. The monoisotopic (exact) mass is 161 g/mol. The van der Waals surface area contributed by atoms with Gasteiger partial charge in [0.15, 0.2) is 0 Å². The minimum Gasteiger partial charge on any atom is -0.285 e. The van der Waals surface area contributed by atoms with Gasteiger partial charge in [-0.25, -0.2) is 0 Å². The Bertz CT molecular complexity index is 263. The predicted octanol–water partition coefficient (Wildman–Crippen LogP) is 2.34. The van der Waals surface area contributed by atoms with E-state index in [-0.39, 0.29) is 0 Å². The molecule has 1 nitrogen and oxygen atoms in total. The molecule has 63 valence electrons. The third-order valence-electron chi connectivity index (χ3n) is 1.76. The van der Waals surface area contributed by atoms with Crippen LogP contribution in [-0.2, 0) is 11.2 Å². The first-order chi connectivity index (χ1) is 5.74. The minimum atomic E-state index is 0.583. The molecule has 0 spiro atoms. The van der Waals surface area contributed by atoms with Crippen LogP contribution in [0.1, 0.15) is 25.0 Å². The largest absolute Gasteiger partial charge is 0.285 e. The summed E-state index contributed by atoms with van der Waals surface area (Å²) in [6.07, 6.45) is 2.90.